The van der Waals surface area contributed by atoms with Crippen LogP contribution in [0.25, 0.3) is 0 Å². The first-order chi connectivity index (χ1) is 11.3. The van der Waals surface area contributed by atoms with Crippen LogP contribution < -0.4 is 10.6 Å². The van der Waals surface area contributed by atoms with Crippen molar-refractivity contribution in [1.29, 1.82) is 0 Å². The van der Waals surface area contributed by atoms with E-state index in [4.69, 9.17) is 11.6 Å². The summed E-state index contributed by atoms with van der Waals surface area (Å²) in [5, 5.41) is 4.83. The fraction of sp³-hybridized carbons (Fsp3) is 0.125. The molecule has 2 amide bonds. The van der Waals surface area contributed by atoms with Crippen LogP contribution in [0.15, 0.2) is 48.5 Å². The molecule has 24 heavy (non-hydrogen) atoms. The Hall–Kier alpha value is -2.54. The zero-order valence-corrected chi connectivity index (χ0v) is 12.9. The van der Waals surface area contributed by atoms with Crippen molar-refractivity contribution in [3.63, 3.8) is 0 Å². The fourth-order valence-electron chi connectivity index (χ4n) is 2.00. The lowest BCUT2D eigenvalue weighted by molar-refractivity contribution is -0.137. The number of benzene rings is 2. The summed E-state index contributed by atoms with van der Waals surface area (Å²) in [5.74, 6) is -1.73. The van der Waals surface area contributed by atoms with Crippen LogP contribution in [-0.4, -0.2) is 17.7 Å². The maximum atomic E-state index is 13.0. The molecule has 2 rings (SSSR count). The van der Waals surface area contributed by atoms with Gasteiger partial charge >= 0.3 is 6.18 Å². The van der Waals surface area contributed by atoms with Crippen LogP contribution in [-0.2, 0) is 11.0 Å². The average molecular weight is 357 g/mol. The Morgan fingerprint density at radius 1 is 0.917 bits per heavy atom. The van der Waals surface area contributed by atoms with Crippen molar-refractivity contribution in [3.8, 4) is 0 Å². The molecule has 0 aromatic heterocycles. The molecule has 0 fully saturated rings. The van der Waals surface area contributed by atoms with Crippen molar-refractivity contribution in [3.05, 3.63) is 59.7 Å². The van der Waals surface area contributed by atoms with E-state index in [2.05, 4.69) is 10.6 Å². The van der Waals surface area contributed by atoms with Crippen LogP contribution in [0.5, 0.6) is 0 Å². The quantitative estimate of drug-likeness (QED) is 0.809. The summed E-state index contributed by atoms with van der Waals surface area (Å²) in [4.78, 5) is 23.6. The Morgan fingerprint density at radius 3 is 2.04 bits per heavy atom. The van der Waals surface area contributed by atoms with E-state index in [1.54, 1.807) is 12.1 Å². The molecule has 2 N–H and O–H groups in total. The van der Waals surface area contributed by atoms with Crippen molar-refractivity contribution < 1.29 is 22.8 Å². The van der Waals surface area contributed by atoms with E-state index in [0.717, 1.165) is 12.1 Å². The van der Waals surface area contributed by atoms with Crippen LogP contribution in [0.4, 0.5) is 24.5 Å². The van der Waals surface area contributed by atoms with Gasteiger partial charge in [0.15, 0.2) is 0 Å². The molecule has 0 saturated heterocycles. The van der Waals surface area contributed by atoms with Crippen molar-refractivity contribution in [2.75, 3.05) is 16.5 Å². The maximum absolute atomic E-state index is 13.0. The lowest BCUT2D eigenvalue weighted by atomic mass is 10.1. The highest BCUT2D eigenvalue weighted by atomic mass is 35.5. The van der Waals surface area contributed by atoms with Gasteiger partial charge in [-0.3, -0.25) is 9.59 Å². The highest BCUT2D eigenvalue weighted by Gasteiger charge is 2.34. The van der Waals surface area contributed by atoms with Gasteiger partial charge in [-0.2, -0.15) is 13.2 Å². The molecule has 2 aromatic rings. The first kappa shape index (κ1) is 17.8. The Bertz CT molecular complexity index is 763. The summed E-state index contributed by atoms with van der Waals surface area (Å²) in [6.45, 7) is 0. The van der Waals surface area contributed by atoms with Gasteiger partial charge in [0.1, 0.15) is 5.88 Å². The molecule has 4 nitrogen and oxygen atoms in total. The summed E-state index contributed by atoms with van der Waals surface area (Å²) in [7, 11) is 0. The van der Waals surface area contributed by atoms with E-state index in [1.165, 1.54) is 24.3 Å². The molecular formula is C16H12ClF3N2O2. The Labute approximate surface area is 140 Å². The van der Waals surface area contributed by atoms with Crippen molar-refractivity contribution in [2.24, 2.45) is 0 Å². The summed E-state index contributed by atoms with van der Waals surface area (Å²) in [6.07, 6.45) is -4.65. The molecule has 0 saturated carbocycles. The predicted molar refractivity (Wildman–Crippen MR) is 85.2 cm³/mol. The molecule has 126 valence electrons. The number of amides is 2. The minimum atomic E-state index is -4.65. The zero-order chi connectivity index (χ0) is 17.7. The van der Waals surface area contributed by atoms with Gasteiger partial charge < -0.3 is 10.6 Å². The summed E-state index contributed by atoms with van der Waals surface area (Å²) < 4.78 is 39.0. The Kier molecular flexibility index (Phi) is 5.46. The molecule has 0 radical (unpaired) electrons. The summed E-state index contributed by atoms with van der Waals surface area (Å²) in [5.41, 5.74) is -1.15. The number of halogens is 4. The van der Waals surface area contributed by atoms with Gasteiger partial charge in [0.05, 0.1) is 22.5 Å². The fourth-order valence-corrected chi connectivity index (χ4v) is 2.07. The highest BCUT2D eigenvalue weighted by molar-refractivity contribution is 6.29. The number of carbonyl (C=O) groups excluding carboxylic acids is 2. The molecule has 0 aliphatic heterocycles. The number of nitrogens with one attached hydrogen (secondary N) is 2. The minimum Gasteiger partial charge on any atom is -0.323 e. The number of alkyl halides is 4. The summed E-state index contributed by atoms with van der Waals surface area (Å²) in [6, 6.07) is 10.6. The SMILES string of the molecule is O=C(CCl)Nc1ccccc1NC(=O)c1ccccc1C(F)(F)F. The number of carbonyl (C=O) groups is 2. The first-order valence-corrected chi connectivity index (χ1v) is 7.29. The highest BCUT2D eigenvalue weighted by Crippen LogP contribution is 2.32. The van der Waals surface area contributed by atoms with Gasteiger partial charge in [-0.05, 0) is 24.3 Å². The largest absolute Gasteiger partial charge is 0.417 e. The summed E-state index contributed by atoms with van der Waals surface area (Å²) >= 11 is 5.40. The van der Waals surface area contributed by atoms with E-state index in [-0.39, 0.29) is 17.3 Å². The molecule has 0 aliphatic rings. The molecule has 0 aliphatic carbocycles. The number of anilines is 2. The van der Waals surface area contributed by atoms with Gasteiger partial charge in [0.25, 0.3) is 5.91 Å². The molecule has 2 aromatic carbocycles. The van der Waals surface area contributed by atoms with Gasteiger partial charge in [0.2, 0.25) is 5.91 Å². The Morgan fingerprint density at radius 2 is 1.46 bits per heavy atom. The lowest BCUT2D eigenvalue weighted by Crippen LogP contribution is -2.20. The number of hydrogen-bond donors (Lipinski definition) is 2. The van der Waals surface area contributed by atoms with Crippen LogP contribution in [0.2, 0.25) is 0 Å². The van der Waals surface area contributed by atoms with Crippen LogP contribution in [0, 0.1) is 0 Å². The molecule has 0 heterocycles. The van der Waals surface area contributed by atoms with E-state index in [9.17, 15) is 22.8 Å². The normalized spacial score (nSPS) is 11.0. The van der Waals surface area contributed by atoms with Crippen LogP contribution in [0.3, 0.4) is 0 Å². The van der Waals surface area contributed by atoms with Crippen LogP contribution >= 0.6 is 11.6 Å². The molecule has 0 atom stereocenters. The van der Waals surface area contributed by atoms with E-state index < -0.39 is 29.1 Å². The van der Waals surface area contributed by atoms with Gasteiger partial charge in [-0.15, -0.1) is 11.6 Å². The third kappa shape index (κ3) is 4.26. The predicted octanol–water partition coefficient (Wildman–Crippen LogP) is 4.14. The van der Waals surface area contributed by atoms with Gasteiger partial charge in [0, 0.05) is 0 Å². The van der Waals surface area contributed by atoms with E-state index in [1.807, 2.05) is 0 Å². The standard InChI is InChI=1S/C16H12ClF3N2O2/c17-9-14(23)21-12-7-3-4-8-13(12)22-15(24)10-5-1-2-6-11(10)16(18,19)20/h1-8H,9H2,(H,21,23)(H,22,24). The first-order valence-electron chi connectivity index (χ1n) is 6.75. The average Bonchev–Trinajstić information content (AvgIpc) is 2.55. The maximum Gasteiger partial charge on any atom is 0.417 e. The number of rotatable bonds is 4. The van der Waals surface area contributed by atoms with Crippen LogP contribution in [0.1, 0.15) is 15.9 Å². The number of hydrogen-bond acceptors (Lipinski definition) is 2. The minimum absolute atomic E-state index is 0.165. The van der Waals surface area contributed by atoms with Gasteiger partial charge in [-0.25, -0.2) is 0 Å². The molecule has 0 unspecified atom stereocenters. The molecule has 0 spiro atoms. The second-order valence-corrected chi connectivity index (χ2v) is 4.99. The molecule has 0 bridgehead atoms. The molecular weight excluding hydrogens is 345 g/mol. The zero-order valence-electron chi connectivity index (χ0n) is 12.2. The van der Waals surface area contributed by atoms with E-state index in [0.29, 0.717) is 0 Å². The third-order valence-electron chi connectivity index (χ3n) is 3.05. The van der Waals surface area contributed by atoms with E-state index >= 15 is 0 Å². The van der Waals surface area contributed by atoms with Gasteiger partial charge in [-0.1, -0.05) is 24.3 Å². The van der Waals surface area contributed by atoms with Crippen molar-refractivity contribution in [1.82, 2.24) is 0 Å². The Balaban J connectivity index is 2.30. The molecule has 8 heteroatoms. The lowest BCUT2D eigenvalue weighted by Gasteiger charge is -2.14. The topological polar surface area (TPSA) is 58.2 Å². The second kappa shape index (κ2) is 7.35. The third-order valence-corrected chi connectivity index (χ3v) is 3.29. The monoisotopic (exact) mass is 356 g/mol. The smallest absolute Gasteiger partial charge is 0.323 e. The van der Waals surface area contributed by atoms with Crippen molar-refractivity contribution in [2.45, 2.75) is 6.18 Å². The van der Waals surface area contributed by atoms with Crippen molar-refractivity contribution >= 4 is 34.8 Å². The second-order valence-electron chi connectivity index (χ2n) is 4.72. The number of para-hydroxylation sites is 2.